The first kappa shape index (κ1) is 26.5. The first-order chi connectivity index (χ1) is 16.7. The molecule has 6 nitrogen and oxygen atoms in total. The van der Waals surface area contributed by atoms with E-state index in [2.05, 4.69) is 42.5 Å². The van der Waals surface area contributed by atoms with Crippen LogP contribution in [0.4, 0.5) is 11.4 Å². The number of hydrogen-bond donors (Lipinski definition) is 2. The number of carbonyl (C=O) groups is 2. The number of para-hydroxylation sites is 1. The molecule has 0 unspecified atom stereocenters. The molecule has 3 aromatic carbocycles. The van der Waals surface area contributed by atoms with Crippen LogP contribution in [0.2, 0.25) is 5.02 Å². The van der Waals surface area contributed by atoms with Crippen molar-refractivity contribution < 1.29 is 14.3 Å². The normalized spacial score (nSPS) is 10.9. The minimum Gasteiger partial charge on any atom is -0.482 e. The largest absolute Gasteiger partial charge is 0.482 e. The second kappa shape index (κ2) is 12.0. The molecule has 0 saturated carbocycles. The minimum atomic E-state index is -0.629. The van der Waals surface area contributed by atoms with Gasteiger partial charge in [-0.25, -0.2) is 0 Å². The lowest BCUT2D eigenvalue weighted by molar-refractivity contribution is -0.118. The summed E-state index contributed by atoms with van der Waals surface area (Å²) in [7, 11) is 0. The summed E-state index contributed by atoms with van der Waals surface area (Å²) < 4.78 is 7.03. The topological polar surface area (TPSA) is 91.2 Å². The molecule has 0 fully saturated rings. The summed E-state index contributed by atoms with van der Waals surface area (Å²) in [6, 6.07) is 17.7. The lowest BCUT2D eigenvalue weighted by Gasteiger charge is -2.14. The van der Waals surface area contributed by atoms with E-state index >= 15 is 0 Å². The third-order valence-electron chi connectivity index (χ3n) is 5.05. The van der Waals surface area contributed by atoms with Crippen LogP contribution in [-0.2, 0) is 9.59 Å². The highest BCUT2D eigenvalue weighted by Crippen LogP contribution is 2.34. The average Bonchev–Trinajstić information content (AvgIpc) is 2.81. The fourth-order valence-electron chi connectivity index (χ4n) is 3.11. The molecule has 0 aliphatic carbocycles. The third-order valence-corrected chi connectivity index (χ3v) is 6.43. The van der Waals surface area contributed by atoms with Crippen molar-refractivity contribution >= 4 is 72.7 Å². The van der Waals surface area contributed by atoms with Crippen molar-refractivity contribution in [3.8, 4) is 11.8 Å². The Kier molecular flexibility index (Phi) is 9.10. The number of aryl methyl sites for hydroxylation is 1. The van der Waals surface area contributed by atoms with Gasteiger partial charge in [-0.1, -0.05) is 51.8 Å². The lowest BCUT2D eigenvalue weighted by atomic mass is 10.1. The predicted molar refractivity (Wildman–Crippen MR) is 146 cm³/mol. The van der Waals surface area contributed by atoms with E-state index in [0.717, 1.165) is 11.1 Å². The summed E-state index contributed by atoms with van der Waals surface area (Å²) in [4.78, 5) is 25.3. The van der Waals surface area contributed by atoms with Gasteiger partial charge in [-0.05, 0) is 77.3 Å². The monoisotopic (exact) mass is 615 g/mol. The Balaban J connectivity index is 1.82. The van der Waals surface area contributed by atoms with Gasteiger partial charge < -0.3 is 15.4 Å². The highest BCUT2D eigenvalue weighted by atomic mass is 79.9. The number of carbonyl (C=O) groups excluding carboxylic acids is 2. The van der Waals surface area contributed by atoms with E-state index in [9.17, 15) is 14.9 Å². The summed E-state index contributed by atoms with van der Waals surface area (Å²) in [5.74, 6) is -0.668. The molecule has 0 saturated heterocycles. The van der Waals surface area contributed by atoms with E-state index in [4.69, 9.17) is 16.3 Å². The number of ether oxygens (including phenoxy) is 1. The molecule has 0 aliphatic rings. The molecule has 0 aliphatic heterocycles. The van der Waals surface area contributed by atoms with Crippen molar-refractivity contribution in [1.29, 1.82) is 5.26 Å². The molecule has 178 valence electrons. The van der Waals surface area contributed by atoms with E-state index in [1.807, 2.05) is 38.1 Å². The van der Waals surface area contributed by atoms with Crippen LogP contribution < -0.4 is 15.4 Å². The number of nitrogens with one attached hydrogen (secondary N) is 2. The van der Waals surface area contributed by atoms with E-state index in [-0.39, 0.29) is 18.1 Å². The number of anilines is 2. The van der Waals surface area contributed by atoms with Gasteiger partial charge in [0.1, 0.15) is 17.4 Å². The Morgan fingerprint density at radius 2 is 1.77 bits per heavy atom. The molecule has 2 N–H and O–H groups in total. The van der Waals surface area contributed by atoms with Crippen molar-refractivity contribution in [2.45, 2.75) is 13.8 Å². The standard InChI is InChI=1S/C26H20Br2ClN3O3/c1-15-6-5-9-22(16(15)2)31-24(33)14-35-25-17(11-19(27)12-20(25)28)10-18(13-30)26(34)32-23-8-4-3-7-21(23)29/h3-12H,14H2,1-2H3,(H,31,33)(H,32,34)/b18-10+. The Morgan fingerprint density at radius 1 is 1.06 bits per heavy atom. The van der Waals surface area contributed by atoms with Crippen LogP contribution in [0.15, 0.2) is 69.1 Å². The van der Waals surface area contributed by atoms with Crippen LogP contribution in [0.5, 0.6) is 5.75 Å². The maximum absolute atomic E-state index is 12.7. The van der Waals surface area contributed by atoms with Crippen LogP contribution in [0.25, 0.3) is 6.08 Å². The van der Waals surface area contributed by atoms with Gasteiger partial charge in [-0.3, -0.25) is 9.59 Å². The molecular formula is C26H20Br2ClN3O3. The number of halogens is 3. The summed E-state index contributed by atoms with van der Waals surface area (Å²) in [5.41, 5.74) is 3.38. The number of nitrogens with zero attached hydrogens (tertiary/aromatic N) is 1. The van der Waals surface area contributed by atoms with E-state index in [1.165, 1.54) is 6.08 Å². The molecule has 0 aromatic heterocycles. The highest BCUT2D eigenvalue weighted by Gasteiger charge is 2.16. The summed E-state index contributed by atoms with van der Waals surface area (Å²) >= 11 is 12.9. The molecule has 0 spiro atoms. The van der Waals surface area contributed by atoms with Gasteiger partial charge >= 0.3 is 0 Å². The second-order valence-corrected chi connectivity index (χ2v) is 9.67. The zero-order valence-corrected chi connectivity index (χ0v) is 22.7. The molecule has 3 aromatic rings. The third kappa shape index (κ3) is 6.95. The molecule has 3 rings (SSSR count). The van der Waals surface area contributed by atoms with Gasteiger partial charge in [-0.2, -0.15) is 5.26 Å². The fourth-order valence-corrected chi connectivity index (χ4v) is 4.66. The number of nitriles is 1. The van der Waals surface area contributed by atoms with Gasteiger partial charge in [0.25, 0.3) is 11.8 Å². The molecule has 0 bridgehead atoms. The number of rotatable bonds is 7. The number of amides is 2. The van der Waals surface area contributed by atoms with Crippen LogP contribution in [-0.4, -0.2) is 18.4 Å². The SMILES string of the molecule is Cc1cccc(NC(=O)COc2c(Br)cc(Br)cc2/C=C(\C#N)C(=O)Nc2ccccc2Cl)c1C. The maximum Gasteiger partial charge on any atom is 0.266 e. The van der Waals surface area contributed by atoms with Crippen molar-refractivity contribution in [3.63, 3.8) is 0 Å². The van der Waals surface area contributed by atoms with Crippen molar-refractivity contribution in [2.24, 2.45) is 0 Å². The highest BCUT2D eigenvalue weighted by molar-refractivity contribution is 9.11. The molecule has 0 radical (unpaired) electrons. The van der Waals surface area contributed by atoms with Gasteiger partial charge in [0.05, 0.1) is 15.2 Å². The Morgan fingerprint density at radius 3 is 2.49 bits per heavy atom. The minimum absolute atomic E-state index is 0.167. The van der Waals surface area contributed by atoms with E-state index in [0.29, 0.717) is 36.7 Å². The molecular weight excluding hydrogens is 598 g/mol. The summed E-state index contributed by atoms with van der Waals surface area (Å²) in [6.07, 6.45) is 1.39. The quantitative estimate of drug-likeness (QED) is 0.220. The summed E-state index contributed by atoms with van der Waals surface area (Å²) in [6.45, 7) is 3.62. The van der Waals surface area contributed by atoms with E-state index < -0.39 is 5.91 Å². The first-order valence-electron chi connectivity index (χ1n) is 10.3. The summed E-state index contributed by atoms with van der Waals surface area (Å²) in [5, 5.41) is 15.4. The molecule has 35 heavy (non-hydrogen) atoms. The smallest absolute Gasteiger partial charge is 0.266 e. The fraction of sp³-hybridized carbons (Fsp3) is 0.115. The Hall–Kier alpha value is -3.12. The Labute approximate surface area is 225 Å². The maximum atomic E-state index is 12.7. The second-order valence-electron chi connectivity index (χ2n) is 7.49. The van der Waals surface area contributed by atoms with Crippen LogP contribution in [0, 0.1) is 25.2 Å². The van der Waals surface area contributed by atoms with Gasteiger partial charge in [0.2, 0.25) is 0 Å². The first-order valence-corrected chi connectivity index (χ1v) is 12.3. The van der Waals surface area contributed by atoms with Crippen molar-refractivity contribution in [3.05, 3.63) is 90.8 Å². The van der Waals surface area contributed by atoms with Gasteiger partial charge in [-0.15, -0.1) is 0 Å². The lowest BCUT2D eigenvalue weighted by Crippen LogP contribution is -2.21. The van der Waals surface area contributed by atoms with Gasteiger partial charge in [0, 0.05) is 15.7 Å². The number of benzene rings is 3. The molecule has 0 atom stereocenters. The Bertz CT molecular complexity index is 1370. The predicted octanol–water partition coefficient (Wildman–Crippen LogP) is 7.05. The average molecular weight is 618 g/mol. The van der Waals surface area contributed by atoms with Crippen molar-refractivity contribution in [1.82, 2.24) is 0 Å². The van der Waals surface area contributed by atoms with Crippen LogP contribution in [0.3, 0.4) is 0 Å². The zero-order chi connectivity index (χ0) is 25.5. The van der Waals surface area contributed by atoms with Gasteiger partial charge in [0.15, 0.2) is 6.61 Å². The molecule has 2 amide bonds. The van der Waals surface area contributed by atoms with Crippen LogP contribution in [0.1, 0.15) is 16.7 Å². The van der Waals surface area contributed by atoms with Crippen molar-refractivity contribution in [2.75, 3.05) is 17.2 Å². The number of hydrogen-bond acceptors (Lipinski definition) is 4. The molecule has 9 heteroatoms. The molecule has 0 heterocycles. The van der Waals surface area contributed by atoms with E-state index in [1.54, 1.807) is 36.4 Å². The zero-order valence-electron chi connectivity index (χ0n) is 18.8. The van der Waals surface area contributed by atoms with Crippen LogP contribution >= 0.6 is 43.5 Å².